The first-order valence-electron chi connectivity index (χ1n) is 6.81. The fourth-order valence-corrected chi connectivity index (χ4v) is 2.06. The van der Waals surface area contributed by atoms with Crippen molar-refractivity contribution in [3.8, 4) is 0 Å². The van der Waals surface area contributed by atoms with E-state index in [1.165, 1.54) is 0 Å². The lowest BCUT2D eigenvalue weighted by Crippen LogP contribution is -2.07. The first-order chi connectivity index (χ1) is 10.3. The Balaban J connectivity index is 2.37. The average molecular weight is 306 g/mol. The van der Waals surface area contributed by atoms with E-state index in [2.05, 4.69) is 14.6 Å². The molecule has 0 saturated carbocycles. The molecule has 0 atom stereocenters. The number of H-pyrrole nitrogens is 2. The zero-order chi connectivity index (χ0) is 16.4. The van der Waals surface area contributed by atoms with Crippen LogP contribution in [0.3, 0.4) is 0 Å². The Morgan fingerprint density at radius 1 is 1.05 bits per heavy atom. The van der Waals surface area contributed by atoms with Crippen LogP contribution in [-0.4, -0.2) is 23.2 Å². The fraction of sp³-hybridized carbons (Fsp3) is 0.267. The predicted molar refractivity (Wildman–Crippen MR) is 81.9 cm³/mol. The second-order valence-electron chi connectivity index (χ2n) is 5.23. The zero-order valence-electron chi connectivity index (χ0n) is 12.9. The molecule has 0 radical (unpaired) electrons. The summed E-state index contributed by atoms with van der Waals surface area (Å²) in [7, 11) is -3.00. The number of carbonyl (C=O) groups is 1. The van der Waals surface area contributed by atoms with Gasteiger partial charge in [-0.05, 0) is 51.0 Å². The molecule has 0 bridgehead atoms. The first kappa shape index (κ1) is 16.1. The molecule has 22 heavy (non-hydrogen) atoms. The van der Waals surface area contributed by atoms with Gasteiger partial charge in [-0.3, -0.25) is 4.79 Å². The summed E-state index contributed by atoms with van der Waals surface area (Å²) in [6.07, 6.45) is 1.07. The van der Waals surface area contributed by atoms with Gasteiger partial charge in [0.1, 0.15) is 5.76 Å². The van der Waals surface area contributed by atoms with Crippen LogP contribution in [0.25, 0.3) is 5.76 Å². The third-order valence-electron chi connectivity index (χ3n) is 3.56. The molecule has 0 fully saturated rings. The van der Waals surface area contributed by atoms with Gasteiger partial charge in [0.05, 0.1) is 11.4 Å². The van der Waals surface area contributed by atoms with E-state index in [0.717, 1.165) is 28.6 Å². The minimum absolute atomic E-state index is 0.180. The van der Waals surface area contributed by atoms with Gasteiger partial charge in [0.2, 0.25) is 5.78 Å². The maximum absolute atomic E-state index is 12.6. The molecular weight excluding hydrogens is 289 g/mol. The van der Waals surface area contributed by atoms with Crippen molar-refractivity contribution >= 4 is 19.0 Å². The predicted octanol–water partition coefficient (Wildman–Crippen LogP) is 3.74. The summed E-state index contributed by atoms with van der Waals surface area (Å²) in [6, 6.07) is 3.35. The summed E-state index contributed by atoms with van der Waals surface area (Å²) in [4.78, 5) is 18.1. The Labute approximate surface area is 127 Å². The molecule has 0 aromatic carbocycles. The van der Waals surface area contributed by atoms with Crippen molar-refractivity contribution in [3.05, 3.63) is 52.1 Å². The van der Waals surface area contributed by atoms with E-state index in [1.807, 2.05) is 27.7 Å². The van der Waals surface area contributed by atoms with Crippen molar-refractivity contribution in [1.82, 2.24) is 9.97 Å². The van der Waals surface area contributed by atoms with Gasteiger partial charge in [-0.2, -0.15) is 0 Å². The van der Waals surface area contributed by atoms with E-state index in [9.17, 15) is 13.4 Å². The molecule has 7 heteroatoms. The lowest BCUT2D eigenvalue weighted by Gasteiger charge is -2.06. The molecule has 4 nitrogen and oxygen atoms in total. The van der Waals surface area contributed by atoms with Crippen molar-refractivity contribution < 1.29 is 18.1 Å². The zero-order valence-corrected chi connectivity index (χ0v) is 12.9. The quantitative estimate of drug-likeness (QED) is 0.382. The summed E-state index contributed by atoms with van der Waals surface area (Å²) in [5.74, 6) is -0.599. The van der Waals surface area contributed by atoms with E-state index in [4.69, 9.17) is 0 Å². The Morgan fingerprint density at radius 3 is 1.95 bits per heavy atom. The van der Waals surface area contributed by atoms with Crippen molar-refractivity contribution in [3.63, 3.8) is 0 Å². The summed E-state index contributed by atoms with van der Waals surface area (Å²) in [5.41, 5.74) is 4.21. The number of nitrogens with one attached hydrogen (secondary N) is 2. The number of halogens is 2. The van der Waals surface area contributed by atoms with Crippen LogP contribution in [0.1, 0.15) is 38.7 Å². The van der Waals surface area contributed by atoms with Crippen LogP contribution in [0.2, 0.25) is 0 Å². The maximum Gasteiger partial charge on any atom is 0.796 e. The second kappa shape index (κ2) is 6.21. The number of aryl methyl sites for hydroxylation is 4. The summed E-state index contributed by atoms with van der Waals surface area (Å²) >= 11 is 0. The fourth-order valence-electron chi connectivity index (χ4n) is 2.06. The lowest BCUT2D eigenvalue weighted by molar-refractivity contribution is 0.104. The molecule has 0 aliphatic rings. The van der Waals surface area contributed by atoms with Crippen LogP contribution in [0.5, 0.6) is 0 Å². The van der Waals surface area contributed by atoms with Gasteiger partial charge in [0.15, 0.2) is 0 Å². The van der Waals surface area contributed by atoms with Gasteiger partial charge in [-0.15, -0.1) is 0 Å². The molecule has 2 rings (SSSR count). The molecule has 0 saturated heterocycles. The Bertz CT molecular complexity index is 693. The second-order valence-corrected chi connectivity index (χ2v) is 5.23. The summed E-state index contributed by atoms with van der Waals surface area (Å²) in [5, 5.41) is 0. The number of allylic oxidation sites excluding steroid dienone is 1. The van der Waals surface area contributed by atoms with Crippen molar-refractivity contribution in [2.75, 3.05) is 0 Å². The van der Waals surface area contributed by atoms with Crippen molar-refractivity contribution in [1.29, 1.82) is 0 Å². The van der Waals surface area contributed by atoms with Gasteiger partial charge in [-0.1, -0.05) is 0 Å². The maximum atomic E-state index is 12.6. The van der Waals surface area contributed by atoms with Crippen molar-refractivity contribution in [2.45, 2.75) is 27.7 Å². The van der Waals surface area contributed by atoms with E-state index in [1.54, 1.807) is 12.1 Å². The minimum Gasteiger partial charge on any atom is -0.503 e. The Hall–Kier alpha value is -2.31. The third-order valence-corrected chi connectivity index (χ3v) is 3.56. The highest BCUT2D eigenvalue weighted by Crippen LogP contribution is 2.21. The summed E-state index contributed by atoms with van der Waals surface area (Å²) in [6.45, 7) is 7.36. The van der Waals surface area contributed by atoms with Crippen LogP contribution in [0.15, 0.2) is 18.2 Å². The largest absolute Gasteiger partial charge is 0.796 e. The van der Waals surface area contributed by atoms with E-state index >= 15 is 0 Å². The van der Waals surface area contributed by atoms with Crippen LogP contribution < -0.4 is 0 Å². The van der Waals surface area contributed by atoms with Crippen LogP contribution >= 0.6 is 0 Å². The van der Waals surface area contributed by atoms with E-state index in [-0.39, 0.29) is 5.76 Å². The molecule has 0 amide bonds. The third kappa shape index (κ3) is 3.47. The molecule has 2 aromatic heterocycles. The van der Waals surface area contributed by atoms with Gasteiger partial charge >= 0.3 is 7.47 Å². The smallest absolute Gasteiger partial charge is 0.503 e. The number of rotatable bonds is 5. The molecule has 0 aliphatic heterocycles. The standard InChI is InChI=1S/C15H17BF2N2O2/c1-8-5-12(19-10(8)3)14(21)7-15(22-16(17)18)13-6-9(2)11(4)20-13/h5-7,19-20H,1-4H3/b15-7+. The molecular formula is C15H17BF2N2O2. The van der Waals surface area contributed by atoms with E-state index < -0.39 is 13.3 Å². The molecule has 0 aliphatic carbocycles. The van der Waals surface area contributed by atoms with Gasteiger partial charge in [0, 0.05) is 17.5 Å². The molecule has 2 heterocycles. The monoisotopic (exact) mass is 306 g/mol. The highest BCUT2D eigenvalue weighted by atomic mass is 19.2. The van der Waals surface area contributed by atoms with E-state index in [0.29, 0.717) is 11.4 Å². The topological polar surface area (TPSA) is 57.9 Å². The summed E-state index contributed by atoms with van der Waals surface area (Å²) < 4.78 is 29.7. The highest BCUT2D eigenvalue weighted by Gasteiger charge is 2.22. The lowest BCUT2D eigenvalue weighted by atomic mass is 10.2. The molecule has 116 valence electrons. The molecule has 2 aromatic rings. The number of aromatic nitrogens is 2. The van der Waals surface area contributed by atoms with Crippen molar-refractivity contribution in [2.24, 2.45) is 0 Å². The molecule has 0 spiro atoms. The van der Waals surface area contributed by atoms with Crippen LogP contribution in [0.4, 0.5) is 8.63 Å². The Morgan fingerprint density at radius 2 is 1.55 bits per heavy atom. The number of hydrogen-bond acceptors (Lipinski definition) is 2. The SMILES string of the molecule is Cc1cc(C(=O)/C=C(/OB(F)F)c2cc(C)c(C)[nH]2)[nH]c1C. The van der Waals surface area contributed by atoms with Gasteiger partial charge in [0.25, 0.3) is 0 Å². The van der Waals surface area contributed by atoms with Gasteiger partial charge < -0.3 is 14.6 Å². The highest BCUT2D eigenvalue weighted by molar-refractivity contribution is 6.36. The number of ketones is 1. The normalized spacial score (nSPS) is 11.6. The van der Waals surface area contributed by atoms with Crippen LogP contribution in [-0.2, 0) is 4.65 Å². The first-order valence-corrected chi connectivity index (χ1v) is 6.81. The van der Waals surface area contributed by atoms with Gasteiger partial charge in [-0.25, -0.2) is 8.63 Å². The number of aromatic amines is 2. The number of hydrogen-bond donors (Lipinski definition) is 2. The average Bonchev–Trinajstić information content (AvgIpc) is 2.92. The minimum atomic E-state index is -3.00. The van der Waals surface area contributed by atoms with Crippen LogP contribution in [0, 0.1) is 27.7 Å². The Kier molecular flexibility index (Phi) is 4.54. The number of carbonyl (C=O) groups excluding carboxylic acids is 1. The molecule has 2 N–H and O–H groups in total. The molecule has 0 unspecified atom stereocenters.